The molecule has 0 unspecified atom stereocenters. The summed E-state index contributed by atoms with van der Waals surface area (Å²) in [6.45, 7) is 4.00. The first-order valence-electron chi connectivity index (χ1n) is 4.39. The van der Waals surface area contributed by atoms with Crippen molar-refractivity contribution < 1.29 is 0 Å². The van der Waals surface area contributed by atoms with Crippen LogP contribution in [0.1, 0.15) is 31.5 Å². The zero-order valence-electron chi connectivity index (χ0n) is 7.59. The molecule has 62 valence electrons. The van der Waals surface area contributed by atoms with E-state index in [-0.39, 0.29) is 0 Å². The topological polar surface area (TPSA) is 12.9 Å². The van der Waals surface area contributed by atoms with Gasteiger partial charge in [0.05, 0.1) is 5.69 Å². The Kier molecular flexibility index (Phi) is 3.35. The minimum atomic E-state index is 0.962. The minimum Gasteiger partial charge on any atom is -0.260 e. The van der Waals surface area contributed by atoms with E-state index < -0.39 is 0 Å². The molecule has 2 rings (SSSR count). The highest BCUT2D eigenvalue weighted by atomic mass is 14.7. The number of aryl methyl sites for hydroxylation is 1. The second-order valence-corrected chi connectivity index (χ2v) is 2.30. The Morgan fingerprint density at radius 1 is 1.42 bits per heavy atom. The molecule has 12 heavy (non-hydrogen) atoms. The van der Waals surface area contributed by atoms with Crippen molar-refractivity contribution in [2.24, 2.45) is 0 Å². The lowest BCUT2D eigenvalue weighted by Crippen LogP contribution is -1.96. The smallest absolute Gasteiger partial charge is 0.0569 e. The maximum Gasteiger partial charge on any atom is 0.0569 e. The van der Waals surface area contributed by atoms with E-state index in [9.17, 15) is 0 Å². The van der Waals surface area contributed by atoms with Crippen LogP contribution in [0.4, 0.5) is 0 Å². The fraction of sp³-hybridized carbons (Fsp3) is 0.364. The van der Waals surface area contributed by atoms with Gasteiger partial charge in [0.25, 0.3) is 0 Å². The SMILES string of the molecule is C1#Cc2cccnc2CC1.CC. The summed E-state index contributed by atoms with van der Waals surface area (Å²) in [7, 11) is 0. The lowest BCUT2D eigenvalue weighted by molar-refractivity contribution is 0.944. The number of hydrogen-bond donors (Lipinski definition) is 0. The minimum absolute atomic E-state index is 0.962. The van der Waals surface area contributed by atoms with Gasteiger partial charge in [0.1, 0.15) is 0 Å². The Balaban J connectivity index is 0.000000336. The van der Waals surface area contributed by atoms with E-state index in [1.165, 1.54) is 0 Å². The van der Waals surface area contributed by atoms with E-state index in [2.05, 4.69) is 16.8 Å². The van der Waals surface area contributed by atoms with Crippen LogP contribution in [0.3, 0.4) is 0 Å². The van der Waals surface area contributed by atoms with E-state index >= 15 is 0 Å². The zero-order valence-corrected chi connectivity index (χ0v) is 7.59. The lowest BCUT2D eigenvalue weighted by atomic mass is 10.1. The third-order valence-electron chi connectivity index (χ3n) is 1.60. The molecule has 1 heteroatoms. The normalized spacial score (nSPS) is 11.5. The third kappa shape index (κ3) is 1.85. The fourth-order valence-corrected chi connectivity index (χ4v) is 1.09. The number of pyridine rings is 1. The molecule has 1 nitrogen and oxygen atoms in total. The molecule has 1 aliphatic carbocycles. The summed E-state index contributed by atoms with van der Waals surface area (Å²) in [5.74, 6) is 6.10. The number of hydrogen-bond acceptors (Lipinski definition) is 1. The van der Waals surface area contributed by atoms with Crippen LogP contribution in [-0.4, -0.2) is 4.98 Å². The van der Waals surface area contributed by atoms with Gasteiger partial charge >= 0.3 is 0 Å². The average Bonchev–Trinajstić information content (AvgIpc) is 2.21. The first kappa shape index (κ1) is 8.80. The summed E-state index contributed by atoms with van der Waals surface area (Å²) in [5.41, 5.74) is 2.26. The molecule has 1 heterocycles. The van der Waals surface area contributed by atoms with Crippen molar-refractivity contribution in [1.29, 1.82) is 0 Å². The largest absolute Gasteiger partial charge is 0.260 e. The molecule has 0 radical (unpaired) electrons. The second kappa shape index (κ2) is 4.56. The summed E-state index contributed by atoms with van der Waals surface area (Å²) in [5, 5.41) is 0. The molecule has 0 fully saturated rings. The van der Waals surface area contributed by atoms with Crippen molar-refractivity contribution in [3.63, 3.8) is 0 Å². The summed E-state index contributed by atoms with van der Waals surface area (Å²) in [6, 6.07) is 3.95. The molecule has 0 aromatic carbocycles. The summed E-state index contributed by atoms with van der Waals surface area (Å²) < 4.78 is 0. The van der Waals surface area contributed by atoms with Crippen LogP contribution in [0.5, 0.6) is 0 Å². The molecule has 1 aromatic rings. The summed E-state index contributed by atoms with van der Waals surface area (Å²) >= 11 is 0. The van der Waals surface area contributed by atoms with Crippen molar-refractivity contribution in [3.05, 3.63) is 29.6 Å². The standard InChI is InChI=1S/C9H7N.C2H6/c1-2-6-9-8(4-1)5-3-7-10-9;1-2/h3,5,7H,2,6H2;1-2H3. The number of aromatic nitrogens is 1. The molecule has 0 bridgehead atoms. The number of fused-ring (bicyclic) bond motifs is 1. The van der Waals surface area contributed by atoms with Gasteiger partial charge in [-0.2, -0.15) is 0 Å². The zero-order chi connectivity index (χ0) is 8.81. The summed E-state index contributed by atoms with van der Waals surface area (Å²) in [4.78, 5) is 4.22. The average molecular weight is 159 g/mol. The fourth-order valence-electron chi connectivity index (χ4n) is 1.09. The summed E-state index contributed by atoms with van der Waals surface area (Å²) in [6.07, 6.45) is 3.80. The molecule has 0 aliphatic heterocycles. The van der Waals surface area contributed by atoms with Crippen LogP contribution >= 0.6 is 0 Å². The van der Waals surface area contributed by atoms with Crippen LogP contribution in [0.15, 0.2) is 18.3 Å². The van der Waals surface area contributed by atoms with Crippen molar-refractivity contribution in [3.8, 4) is 11.8 Å². The van der Waals surface area contributed by atoms with Crippen LogP contribution in [0, 0.1) is 11.8 Å². The molecule has 0 saturated carbocycles. The van der Waals surface area contributed by atoms with Crippen molar-refractivity contribution >= 4 is 0 Å². The van der Waals surface area contributed by atoms with E-state index in [0.717, 1.165) is 24.1 Å². The Morgan fingerprint density at radius 2 is 2.25 bits per heavy atom. The Hall–Kier alpha value is -1.29. The van der Waals surface area contributed by atoms with Crippen LogP contribution < -0.4 is 0 Å². The van der Waals surface area contributed by atoms with E-state index in [1.807, 2.05) is 32.2 Å². The van der Waals surface area contributed by atoms with Gasteiger partial charge < -0.3 is 0 Å². The predicted molar refractivity (Wildman–Crippen MR) is 50.8 cm³/mol. The molecule has 0 saturated heterocycles. The van der Waals surface area contributed by atoms with Gasteiger partial charge in [0, 0.05) is 24.6 Å². The van der Waals surface area contributed by atoms with Gasteiger partial charge in [0.15, 0.2) is 0 Å². The molecule has 0 spiro atoms. The van der Waals surface area contributed by atoms with E-state index in [4.69, 9.17) is 0 Å². The van der Waals surface area contributed by atoms with Gasteiger partial charge in [-0.15, -0.1) is 0 Å². The number of rotatable bonds is 0. The Morgan fingerprint density at radius 3 is 3.00 bits per heavy atom. The molecule has 1 aliphatic rings. The molecular weight excluding hydrogens is 146 g/mol. The monoisotopic (exact) mass is 159 g/mol. The highest BCUT2D eigenvalue weighted by Gasteiger charge is 2.01. The third-order valence-corrected chi connectivity index (χ3v) is 1.60. The molecule has 0 atom stereocenters. The van der Waals surface area contributed by atoms with Crippen molar-refractivity contribution in [2.45, 2.75) is 26.7 Å². The molecule has 1 aromatic heterocycles. The first-order chi connectivity index (χ1) is 5.97. The molecule has 0 N–H and O–H groups in total. The second-order valence-electron chi connectivity index (χ2n) is 2.30. The predicted octanol–water partition coefficient (Wildman–Crippen LogP) is 2.41. The van der Waals surface area contributed by atoms with Crippen LogP contribution in [-0.2, 0) is 6.42 Å². The van der Waals surface area contributed by atoms with Gasteiger partial charge in [-0.3, -0.25) is 4.98 Å². The van der Waals surface area contributed by atoms with Gasteiger partial charge in [0.2, 0.25) is 0 Å². The van der Waals surface area contributed by atoms with Gasteiger partial charge in [-0.25, -0.2) is 0 Å². The Labute approximate surface area is 73.8 Å². The van der Waals surface area contributed by atoms with Crippen molar-refractivity contribution in [1.82, 2.24) is 4.98 Å². The van der Waals surface area contributed by atoms with Crippen molar-refractivity contribution in [2.75, 3.05) is 0 Å². The maximum atomic E-state index is 4.22. The first-order valence-corrected chi connectivity index (χ1v) is 4.39. The van der Waals surface area contributed by atoms with E-state index in [0.29, 0.717) is 0 Å². The highest BCUT2D eigenvalue weighted by Crippen LogP contribution is 2.09. The van der Waals surface area contributed by atoms with Gasteiger partial charge in [-0.1, -0.05) is 25.7 Å². The quantitative estimate of drug-likeness (QED) is 0.530. The number of nitrogens with zero attached hydrogens (tertiary/aromatic N) is 1. The van der Waals surface area contributed by atoms with Crippen LogP contribution in [0.2, 0.25) is 0 Å². The van der Waals surface area contributed by atoms with E-state index in [1.54, 1.807) is 0 Å². The highest BCUT2D eigenvalue weighted by molar-refractivity contribution is 5.40. The van der Waals surface area contributed by atoms with Gasteiger partial charge in [-0.05, 0) is 12.1 Å². The molecular formula is C11H13N. The molecule has 0 amide bonds. The lowest BCUT2D eigenvalue weighted by Gasteiger charge is -2.03. The maximum absolute atomic E-state index is 4.22. The Bertz CT molecular complexity index is 304. The van der Waals surface area contributed by atoms with Crippen LogP contribution in [0.25, 0.3) is 0 Å².